The SMILES string of the molecule is COCCC(C)(C)CNc1ccn2nccc2n1. The number of hydrogen-bond acceptors (Lipinski definition) is 4. The number of ether oxygens (including phenoxy) is 1. The van der Waals surface area contributed by atoms with Crippen LogP contribution >= 0.6 is 0 Å². The lowest BCUT2D eigenvalue weighted by atomic mass is 9.90. The third kappa shape index (κ3) is 3.20. The molecule has 0 aliphatic heterocycles. The van der Waals surface area contributed by atoms with Gasteiger partial charge >= 0.3 is 0 Å². The molecule has 0 saturated carbocycles. The minimum absolute atomic E-state index is 0.185. The summed E-state index contributed by atoms with van der Waals surface area (Å²) in [6.45, 7) is 6.09. The molecule has 2 heterocycles. The first-order valence-electron chi connectivity index (χ1n) is 6.14. The second-order valence-corrected chi connectivity index (χ2v) is 5.21. The average molecular weight is 248 g/mol. The molecule has 0 fully saturated rings. The van der Waals surface area contributed by atoms with Crippen molar-refractivity contribution in [1.82, 2.24) is 14.6 Å². The van der Waals surface area contributed by atoms with E-state index in [4.69, 9.17) is 4.74 Å². The number of anilines is 1. The second-order valence-electron chi connectivity index (χ2n) is 5.21. The molecular weight excluding hydrogens is 228 g/mol. The van der Waals surface area contributed by atoms with Crippen molar-refractivity contribution < 1.29 is 4.74 Å². The molecule has 0 aromatic carbocycles. The molecule has 0 aliphatic carbocycles. The molecule has 0 saturated heterocycles. The Bertz CT molecular complexity index is 506. The lowest BCUT2D eigenvalue weighted by molar-refractivity contribution is 0.157. The summed E-state index contributed by atoms with van der Waals surface area (Å²) in [6.07, 6.45) is 4.67. The van der Waals surface area contributed by atoms with Crippen LogP contribution in [0.1, 0.15) is 20.3 Å². The molecule has 0 unspecified atom stereocenters. The Morgan fingerprint density at radius 3 is 3.00 bits per heavy atom. The van der Waals surface area contributed by atoms with Crippen LogP contribution in [0.3, 0.4) is 0 Å². The molecule has 2 aromatic rings. The van der Waals surface area contributed by atoms with Crippen LogP contribution in [0.25, 0.3) is 5.65 Å². The maximum Gasteiger partial charge on any atom is 0.157 e. The summed E-state index contributed by atoms with van der Waals surface area (Å²) in [6, 6.07) is 3.83. The molecule has 0 amide bonds. The van der Waals surface area contributed by atoms with Crippen LogP contribution in [0, 0.1) is 5.41 Å². The van der Waals surface area contributed by atoms with Gasteiger partial charge in [-0.2, -0.15) is 5.10 Å². The van der Waals surface area contributed by atoms with Gasteiger partial charge in [-0.1, -0.05) is 13.8 Å². The normalized spacial score (nSPS) is 11.9. The van der Waals surface area contributed by atoms with Crippen molar-refractivity contribution in [3.63, 3.8) is 0 Å². The molecule has 0 radical (unpaired) electrons. The standard InChI is InChI=1S/C13H20N4O/c1-13(2,6-9-18-3)10-14-11-5-8-17-12(16-11)4-7-15-17/h4-5,7-8H,6,9-10H2,1-3H3,(H,14,16). The zero-order valence-electron chi connectivity index (χ0n) is 11.2. The first-order chi connectivity index (χ1) is 8.61. The van der Waals surface area contributed by atoms with Gasteiger partial charge in [-0.25, -0.2) is 9.50 Å². The number of hydrogen-bond donors (Lipinski definition) is 1. The number of nitrogens with zero attached hydrogens (tertiary/aromatic N) is 3. The first-order valence-corrected chi connectivity index (χ1v) is 6.14. The summed E-state index contributed by atoms with van der Waals surface area (Å²) in [5, 5.41) is 7.49. The first kappa shape index (κ1) is 12.8. The van der Waals surface area contributed by atoms with Gasteiger partial charge in [0.15, 0.2) is 5.65 Å². The molecule has 2 aromatic heterocycles. The zero-order chi connectivity index (χ0) is 13.0. The molecular formula is C13H20N4O. The van der Waals surface area contributed by atoms with Crippen LogP contribution in [0.4, 0.5) is 5.82 Å². The average Bonchev–Trinajstić information content (AvgIpc) is 2.81. The van der Waals surface area contributed by atoms with Gasteiger partial charge in [0.25, 0.3) is 0 Å². The summed E-state index contributed by atoms with van der Waals surface area (Å²) >= 11 is 0. The quantitative estimate of drug-likeness (QED) is 0.851. The van der Waals surface area contributed by atoms with Crippen molar-refractivity contribution in [1.29, 1.82) is 0 Å². The number of nitrogens with one attached hydrogen (secondary N) is 1. The zero-order valence-corrected chi connectivity index (χ0v) is 11.2. The number of methoxy groups -OCH3 is 1. The Balaban J connectivity index is 1.96. The van der Waals surface area contributed by atoms with Gasteiger partial charge in [-0.15, -0.1) is 0 Å². The summed E-state index contributed by atoms with van der Waals surface area (Å²) < 4.78 is 6.87. The van der Waals surface area contributed by atoms with E-state index in [0.717, 1.165) is 31.0 Å². The molecule has 98 valence electrons. The number of rotatable bonds is 6. The fraction of sp³-hybridized carbons (Fsp3) is 0.538. The summed E-state index contributed by atoms with van der Waals surface area (Å²) in [5.74, 6) is 0.883. The smallest absolute Gasteiger partial charge is 0.157 e. The molecule has 0 atom stereocenters. The van der Waals surface area contributed by atoms with Crippen molar-refractivity contribution in [3.8, 4) is 0 Å². The molecule has 0 aliphatic rings. The van der Waals surface area contributed by atoms with Crippen LogP contribution in [-0.4, -0.2) is 34.9 Å². The van der Waals surface area contributed by atoms with Crippen LogP contribution in [-0.2, 0) is 4.74 Å². The van der Waals surface area contributed by atoms with Gasteiger partial charge in [0.1, 0.15) is 5.82 Å². The van der Waals surface area contributed by atoms with E-state index in [9.17, 15) is 0 Å². The molecule has 1 N–H and O–H groups in total. The third-order valence-electron chi connectivity index (χ3n) is 2.99. The fourth-order valence-electron chi connectivity index (χ4n) is 1.71. The lowest BCUT2D eigenvalue weighted by Crippen LogP contribution is -2.25. The monoisotopic (exact) mass is 248 g/mol. The van der Waals surface area contributed by atoms with Crippen molar-refractivity contribution in [2.45, 2.75) is 20.3 Å². The van der Waals surface area contributed by atoms with E-state index < -0.39 is 0 Å². The molecule has 0 bridgehead atoms. The predicted octanol–water partition coefficient (Wildman–Crippen LogP) is 2.20. The second kappa shape index (κ2) is 5.35. The van der Waals surface area contributed by atoms with Crippen LogP contribution in [0.5, 0.6) is 0 Å². The highest BCUT2D eigenvalue weighted by Gasteiger charge is 2.17. The highest BCUT2D eigenvalue weighted by Crippen LogP contribution is 2.20. The van der Waals surface area contributed by atoms with E-state index in [1.54, 1.807) is 17.8 Å². The van der Waals surface area contributed by atoms with Crippen molar-refractivity contribution >= 4 is 11.5 Å². The third-order valence-corrected chi connectivity index (χ3v) is 2.99. The fourth-order valence-corrected chi connectivity index (χ4v) is 1.71. The topological polar surface area (TPSA) is 51.5 Å². The minimum atomic E-state index is 0.185. The van der Waals surface area contributed by atoms with Gasteiger partial charge in [0, 0.05) is 32.5 Å². The molecule has 0 spiro atoms. The van der Waals surface area contributed by atoms with E-state index in [-0.39, 0.29) is 5.41 Å². The van der Waals surface area contributed by atoms with Crippen LogP contribution in [0.15, 0.2) is 24.5 Å². The molecule has 2 rings (SSSR count). The Morgan fingerprint density at radius 1 is 1.39 bits per heavy atom. The Labute approximate surface area is 107 Å². The van der Waals surface area contributed by atoms with E-state index in [1.807, 2.05) is 18.3 Å². The van der Waals surface area contributed by atoms with Gasteiger partial charge in [-0.05, 0) is 17.9 Å². The number of fused-ring (bicyclic) bond motifs is 1. The summed E-state index contributed by atoms with van der Waals surface area (Å²) in [5.41, 5.74) is 1.04. The summed E-state index contributed by atoms with van der Waals surface area (Å²) in [7, 11) is 1.73. The Kier molecular flexibility index (Phi) is 3.81. The maximum absolute atomic E-state index is 5.12. The van der Waals surface area contributed by atoms with Gasteiger partial charge in [-0.3, -0.25) is 0 Å². The molecule has 5 nitrogen and oxygen atoms in total. The minimum Gasteiger partial charge on any atom is -0.385 e. The lowest BCUT2D eigenvalue weighted by Gasteiger charge is -2.24. The highest BCUT2D eigenvalue weighted by molar-refractivity contribution is 5.45. The predicted molar refractivity (Wildman–Crippen MR) is 71.8 cm³/mol. The van der Waals surface area contributed by atoms with Crippen LogP contribution in [0.2, 0.25) is 0 Å². The van der Waals surface area contributed by atoms with E-state index in [0.29, 0.717) is 0 Å². The molecule has 5 heteroatoms. The largest absolute Gasteiger partial charge is 0.385 e. The van der Waals surface area contributed by atoms with Crippen molar-refractivity contribution in [2.75, 3.05) is 25.6 Å². The highest BCUT2D eigenvalue weighted by atomic mass is 16.5. The molecule has 18 heavy (non-hydrogen) atoms. The van der Waals surface area contributed by atoms with Crippen LogP contribution < -0.4 is 5.32 Å². The van der Waals surface area contributed by atoms with Gasteiger partial charge in [0.2, 0.25) is 0 Å². The van der Waals surface area contributed by atoms with Gasteiger partial charge in [0.05, 0.1) is 6.20 Å². The Hall–Kier alpha value is -1.62. The van der Waals surface area contributed by atoms with E-state index in [1.165, 1.54) is 0 Å². The van der Waals surface area contributed by atoms with E-state index in [2.05, 4.69) is 29.2 Å². The number of aromatic nitrogens is 3. The van der Waals surface area contributed by atoms with E-state index >= 15 is 0 Å². The van der Waals surface area contributed by atoms with Gasteiger partial charge < -0.3 is 10.1 Å². The van der Waals surface area contributed by atoms with Crippen molar-refractivity contribution in [3.05, 3.63) is 24.5 Å². The maximum atomic E-state index is 5.12. The van der Waals surface area contributed by atoms with Crippen molar-refractivity contribution in [2.24, 2.45) is 5.41 Å². The summed E-state index contributed by atoms with van der Waals surface area (Å²) in [4.78, 5) is 4.48. The Morgan fingerprint density at radius 2 is 2.22 bits per heavy atom.